The fourth-order valence-electron chi connectivity index (χ4n) is 13.1. The van der Waals surface area contributed by atoms with Crippen molar-refractivity contribution in [3.8, 4) is 0 Å². The first-order valence-electron chi connectivity index (χ1n) is 26.0. The Morgan fingerprint density at radius 1 is 0.763 bits per heavy atom. The fraction of sp³-hybridized carbons (Fsp3) is 0.943. The predicted molar refractivity (Wildman–Crippen MR) is 249 cm³/mol. The molecule has 0 aliphatic heterocycles. The zero-order valence-electron chi connectivity index (χ0n) is 40.3. The molecule has 0 aromatic heterocycles. The maximum Gasteiger partial charge on any atom is 0.307 e. The highest BCUT2D eigenvalue weighted by atomic mass is 16.5. The van der Waals surface area contributed by atoms with Crippen LogP contribution in [0.4, 0.5) is 0 Å². The van der Waals surface area contributed by atoms with Gasteiger partial charge in [-0.2, -0.15) is 0 Å². The average Bonchev–Trinajstić information content (AvgIpc) is 3.48. The summed E-state index contributed by atoms with van der Waals surface area (Å²) in [5, 5.41) is 25.3. The van der Waals surface area contributed by atoms with Crippen LogP contribution in [0.2, 0.25) is 0 Å². The summed E-state index contributed by atoms with van der Waals surface area (Å²) in [5.41, 5.74) is 2.75. The Kier molecular flexibility index (Phi) is 21.8. The maximum atomic E-state index is 13.2. The summed E-state index contributed by atoms with van der Waals surface area (Å²) < 4.78 is 6.18. The number of unbranched alkanes of at least 4 members (excludes halogenated alkanes) is 10. The number of fused-ring (bicyclic) bond motifs is 5. The summed E-state index contributed by atoms with van der Waals surface area (Å²) in [6, 6.07) is 0. The minimum atomic E-state index is -0.366. The molecule has 0 saturated heterocycles. The number of nitrogens with zero attached hydrogens (tertiary/aromatic N) is 1. The number of aliphatic hydroxyl groups is 2. The summed E-state index contributed by atoms with van der Waals surface area (Å²) >= 11 is 0. The third-order valence-corrected chi connectivity index (χ3v) is 17.4. The number of aliphatic hydroxyl groups excluding tert-OH is 2. The van der Waals surface area contributed by atoms with Crippen LogP contribution >= 0.6 is 0 Å². The van der Waals surface area contributed by atoms with Gasteiger partial charge in [-0.3, -0.25) is 9.69 Å². The highest BCUT2D eigenvalue weighted by molar-refractivity contribution is 5.69. The Bertz CT molecular complexity index is 1200. The lowest BCUT2D eigenvalue weighted by molar-refractivity contribution is -0.151. The molecule has 6 heteroatoms. The van der Waals surface area contributed by atoms with Crippen molar-refractivity contribution in [3.05, 3.63) is 11.6 Å². The quantitative estimate of drug-likeness (QED) is 0.0380. The summed E-state index contributed by atoms with van der Waals surface area (Å²) in [5.74, 6) is 3.94. The molecule has 0 bridgehead atoms. The van der Waals surface area contributed by atoms with Gasteiger partial charge in [0.2, 0.25) is 0 Å². The summed E-state index contributed by atoms with van der Waals surface area (Å²) in [6.07, 6.45) is 32.6. The SMILES string of the molecule is CCCCCCCCC(O)CN(CCNCCC(=O)O[C@H]1CC[C@@]2(C)C(=CC[C@@H]3[C@@H]2CC[C@@]2(C)[C@H]3CC[C@]2(C)[C@H](C)CCCC(C)C)C1)CC(O)CCCCCCCC. The summed E-state index contributed by atoms with van der Waals surface area (Å²) in [7, 11) is 0. The molecule has 4 aliphatic rings. The number of carbonyl (C=O) groups excluding carboxylic acids is 1. The van der Waals surface area contributed by atoms with E-state index in [0.29, 0.717) is 36.9 Å². The third-order valence-electron chi connectivity index (χ3n) is 17.4. The number of allylic oxidation sites excluding steroid dienone is 1. The van der Waals surface area contributed by atoms with Crippen LogP contribution in [0.1, 0.15) is 222 Å². The Morgan fingerprint density at radius 3 is 2.00 bits per heavy atom. The summed E-state index contributed by atoms with van der Waals surface area (Å²) in [6.45, 7) is 23.1. The van der Waals surface area contributed by atoms with E-state index >= 15 is 0 Å². The lowest BCUT2D eigenvalue weighted by atomic mass is 9.44. The maximum absolute atomic E-state index is 13.2. The van der Waals surface area contributed by atoms with Gasteiger partial charge in [0.05, 0.1) is 18.6 Å². The molecule has 0 amide bonds. The minimum absolute atomic E-state index is 0.00504. The van der Waals surface area contributed by atoms with Crippen molar-refractivity contribution in [1.82, 2.24) is 10.2 Å². The first kappa shape index (κ1) is 50.7. The predicted octanol–water partition coefficient (Wildman–Crippen LogP) is 12.8. The van der Waals surface area contributed by atoms with Crippen LogP contribution in [0.25, 0.3) is 0 Å². The fourth-order valence-corrected chi connectivity index (χ4v) is 13.1. The van der Waals surface area contributed by atoms with E-state index < -0.39 is 0 Å². The molecular formula is C53H98N2O4. The molecule has 3 N–H and O–H groups in total. The van der Waals surface area contributed by atoms with E-state index in [-0.39, 0.29) is 29.7 Å². The topological polar surface area (TPSA) is 82.0 Å². The Morgan fingerprint density at radius 2 is 1.37 bits per heavy atom. The molecule has 10 atom stereocenters. The average molecular weight is 827 g/mol. The van der Waals surface area contributed by atoms with Crippen molar-refractivity contribution in [1.29, 1.82) is 0 Å². The molecule has 2 unspecified atom stereocenters. The molecular weight excluding hydrogens is 729 g/mol. The van der Waals surface area contributed by atoms with Gasteiger partial charge in [0.25, 0.3) is 0 Å². The lowest BCUT2D eigenvalue weighted by Crippen LogP contribution is -2.53. The van der Waals surface area contributed by atoms with Gasteiger partial charge in [-0.25, -0.2) is 0 Å². The van der Waals surface area contributed by atoms with Gasteiger partial charge in [-0.05, 0) is 104 Å². The smallest absolute Gasteiger partial charge is 0.307 e. The lowest BCUT2D eigenvalue weighted by Gasteiger charge is -2.60. The largest absolute Gasteiger partial charge is 0.462 e. The Balaban J connectivity index is 1.20. The first-order chi connectivity index (χ1) is 28.3. The van der Waals surface area contributed by atoms with Crippen molar-refractivity contribution in [3.63, 3.8) is 0 Å². The van der Waals surface area contributed by atoms with Crippen molar-refractivity contribution >= 4 is 5.97 Å². The highest BCUT2D eigenvalue weighted by Crippen LogP contribution is 2.71. The van der Waals surface area contributed by atoms with Crippen molar-refractivity contribution in [2.45, 2.75) is 241 Å². The van der Waals surface area contributed by atoms with E-state index in [4.69, 9.17) is 4.74 Å². The molecule has 344 valence electrons. The number of hydrogen-bond acceptors (Lipinski definition) is 6. The minimum Gasteiger partial charge on any atom is -0.462 e. The molecule has 0 spiro atoms. The van der Waals surface area contributed by atoms with Crippen molar-refractivity contribution < 1.29 is 19.7 Å². The third kappa shape index (κ3) is 14.5. The Hall–Kier alpha value is -0.950. The molecule has 3 fully saturated rings. The van der Waals surface area contributed by atoms with Gasteiger partial charge in [0.1, 0.15) is 6.10 Å². The van der Waals surface area contributed by atoms with Crippen LogP contribution in [-0.4, -0.2) is 72.1 Å². The van der Waals surface area contributed by atoms with Gasteiger partial charge >= 0.3 is 5.97 Å². The number of carbonyl (C=O) groups is 1. The second-order valence-corrected chi connectivity index (χ2v) is 21.9. The molecule has 3 saturated carbocycles. The van der Waals surface area contributed by atoms with Crippen LogP contribution < -0.4 is 5.32 Å². The van der Waals surface area contributed by atoms with Gasteiger partial charge in [0, 0.05) is 39.1 Å². The van der Waals surface area contributed by atoms with Crippen molar-refractivity contribution in [2.24, 2.45) is 45.8 Å². The van der Waals surface area contributed by atoms with Crippen LogP contribution in [0.15, 0.2) is 11.6 Å². The monoisotopic (exact) mass is 827 g/mol. The number of rotatable bonds is 30. The molecule has 4 rings (SSSR count). The van der Waals surface area contributed by atoms with Crippen LogP contribution in [0.5, 0.6) is 0 Å². The second kappa shape index (κ2) is 25.4. The number of esters is 1. The summed E-state index contributed by atoms with van der Waals surface area (Å²) in [4.78, 5) is 15.4. The van der Waals surface area contributed by atoms with Crippen molar-refractivity contribution in [2.75, 3.05) is 32.7 Å². The number of hydrogen-bond donors (Lipinski definition) is 3. The molecule has 0 aromatic carbocycles. The highest BCUT2D eigenvalue weighted by Gasteiger charge is 2.63. The number of ether oxygens (including phenoxy) is 1. The zero-order chi connectivity index (χ0) is 42.9. The molecule has 0 aromatic rings. The standard InChI is InChI=1S/C53H98N2O4/c1-9-11-13-15-17-19-24-44(56)39-55(40-45(57)25-20-18-16-14-12-10-2)37-36-54-35-31-50(58)59-46-28-32-51(6)43(38-46)26-27-47-48(51)29-34-53(8)49(47)30-33-52(53,7)42(5)23-21-22-41(3)4/h26,41-42,44-49,54,56-57H,9-25,27-40H2,1-8H3/t42-,44?,45?,46+,47-,48+,49+,51+,52-,53+/m1/s1. The van der Waals surface area contributed by atoms with Crippen LogP contribution in [0, 0.1) is 45.8 Å². The van der Waals surface area contributed by atoms with Gasteiger partial charge in [-0.1, -0.05) is 163 Å². The van der Waals surface area contributed by atoms with E-state index in [9.17, 15) is 15.0 Å². The zero-order valence-corrected chi connectivity index (χ0v) is 40.3. The number of nitrogens with one attached hydrogen (secondary N) is 1. The van der Waals surface area contributed by atoms with E-state index in [1.165, 1.54) is 116 Å². The van der Waals surface area contributed by atoms with E-state index in [2.05, 4.69) is 71.7 Å². The van der Waals surface area contributed by atoms with E-state index in [0.717, 1.165) is 87.6 Å². The molecule has 0 radical (unpaired) electrons. The Labute approximate surface area is 365 Å². The molecule has 4 aliphatic carbocycles. The second-order valence-electron chi connectivity index (χ2n) is 21.9. The molecule has 59 heavy (non-hydrogen) atoms. The van der Waals surface area contributed by atoms with Gasteiger partial charge in [-0.15, -0.1) is 0 Å². The van der Waals surface area contributed by atoms with Crippen LogP contribution in [0.3, 0.4) is 0 Å². The normalized spacial score (nSPS) is 30.7. The molecule has 0 heterocycles. The van der Waals surface area contributed by atoms with Gasteiger partial charge in [0.15, 0.2) is 0 Å². The van der Waals surface area contributed by atoms with E-state index in [1.54, 1.807) is 5.57 Å². The van der Waals surface area contributed by atoms with Crippen LogP contribution in [-0.2, 0) is 9.53 Å². The van der Waals surface area contributed by atoms with Gasteiger partial charge < -0.3 is 20.3 Å². The van der Waals surface area contributed by atoms with E-state index in [1.807, 2.05) is 0 Å². The molecule has 6 nitrogen and oxygen atoms in total. The first-order valence-corrected chi connectivity index (χ1v) is 26.0.